The van der Waals surface area contributed by atoms with Gasteiger partial charge >= 0.3 is 0 Å². The summed E-state index contributed by atoms with van der Waals surface area (Å²) >= 11 is 0. The van der Waals surface area contributed by atoms with Crippen LogP contribution in [0.3, 0.4) is 0 Å². The lowest BCUT2D eigenvalue weighted by atomic mass is 10.2. The molecule has 0 spiro atoms. The second kappa shape index (κ2) is 12.9. The highest BCUT2D eigenvalue weighted by atomic mass is 16.5. The third-order valence-corrected chi connectivity index (χ3v) is 4.08. The maximum absolute atomic E-state index is 12.0. The molecule has 0 saturated heterocycles. The van der Waals surface area contributed by atoms with Crippen molar-refractivity contribution in [3.8, 4) is 17.2 Å². The number of hydrogen-bond donors (Lipinski definition) is 2. The van der Waals surface area contributed by atoms with E-state index in [0.717, 1.165) is 17.7 Å². The highest BCUT2D eigenvalue weighted by molar-refractivity contribution is 5.93. The minimum atomic E-state index is -0.354. The van der Waals surface area contributed by atoms with E-state index < -0.39 is 0 Å². The van der Waals surface area contributed by atoms with Crippen molar-refractivity contribution in [2.45, 2.75) is 33.1 Å². The molecule has 0 unspecified atom stereocenters. The quantitative estimate of drug-likeness (QED) is 0.397. The Bertz CT molecular complexity index is 881. The molecule has 8 heteroatoms. The molecule has 2 aromatic rings. The lowest BCUT2D eigenvalue weighted by Crippen LogP contribution is -2.20. The maximum Gasteiger partial charge on any atom is 0.240 e. The van der Waals surface area contributed by atoms with Crippen LogP contribution >= 0.6 is 0 Å². The molecule has 31 heavy (non-hydrogen) atoms. The van der Waals surface area contributed by atoms with Crippen LogP contribution in [0.5, 0.6) is 17.2 Å². The van der Waals surface area contributed by atoms with Crippen LogP contribution in [0.1, 0.15) is 38.7 Å². The smallest absolute Gasteiger partial charge is 0.240 e. The molecule has 2 N–H and O–H groups in total. The van der Waals surface area contributed by atoms with Gasteiger partial charge in [-0.05, 0) is 61.4 Å². The molecule has 2 amide bonds. The third-order valence-electron chi connectivity index (χ3n) is 4.08. The van der Waals surface area contributed by atoms with E-state index in [2.05, 4.69) is 15.8 Å². The molecule has 0 aliphatic heterocycles. The Balaban J connectivity index is 1.77. The third kappa shape index (κ3) is 8.38. The van der Waals surface area contributed by atoms with Gasteiger partial charge in [0.15, 0.2) is 11.5 Å². The number of nitrogens with zero attached hydrogens (tertiary/aromatic N) is 1. The largest absolute Gasteiger partial charge is 0.494 e. The van der Waals surface area contributed by atoms with Crippen LogP contribution in [0, 0.1) is 0 Å². The van der Waals surface area contributed by atoms with Crippen molar-refractivity contribution in [1.82, 2.24) is 5.43 Å². The maximum atomic E-state index is 12.0. The minimum Gasteiger partial charge on any atom is -0.494 e. The van der Waals surface area contributed by atoms with Gasteiger partial charge < -0.3 is 19.5 Å². The monoisotopic (exact) mass is 427 g/mol. The lowest BCUT2D eigenvalue weighted by Gasteiger charge is -2.10. The van der Waals surface area contributed by atoms with Crippen molar-refractivity contribution < 1.29 is 23.8 Å². The Labute approximate surface area is 182 Å². The molecule has 0 bridgehead atoms. The average molecular weight is 428 g/mol. The minimum absolute atomic E-state index is 0.0212. The first-order valence-electron chi connectivity index (χ1n) is 10.2. The highest BCUT2D eigenvalue weighted by Crippen LogP contribution is 2.27. The molecule has 8 nitrogen and oxygen atoms in total. The molecule has 0 fully saturated rings. The van der Waals surface area contributed by atoms with E-state index in [0.29, 0.717) is 30.4 Å². The SMILES string of the molecule is CCCOc1ccc(C=NNC(=O)CCC(=O)Nc2ccc(OCC)cc2)cc1OC. The Morgan fingerprint density at radius 3 is 2.39 bits per heavy atom. The molecule has 2 rings (SSSR count). The van der Waals surface area contributed by atoms with Gasteiger partial charge in [0.1, 0.15) is 5.75 Å². The van der Waals surface area contributed by atoms with Crippen LogP contribution in [0.15, 0.2) is 47.6 Å². The molecular weight excluding hydrogens is 398 g/mol. The zero-order valence-corrected chi connectivity index (χ0v) is 18.1. The average Bonchev–Trinajstić information content (AvgIpc) is 2.78. The molecule has 0 saturated carbocycles. The summed E-state index contributed by atoms with van der Waals surface area (Å²) in [5.74, 6) is 1.38. The van der Waals surface area contributed by atoms with Crippen molar-refractivity contribution >= 4 is 23.7 Å². The van der Waals surface area contributed by atoms with Crippen LogP contribution in [0.25, 0.3) is 0 Å². The normalized spacial score (nSPS) is 10.5. The van der Waals surface area contributed by atoms with Crippen LogP contribution in [0.2, 0.25) is 0 Å². The van der Waals surface area contributed by atoms with Crippen LogP contribution in [-0.4, -0.2) is 38.4 Å². The van der Waals surface area contributed by atoms with E-state index in [1.165, 1.54) is 6.21 Å². The summed E-state index contributed by atoms with van der Waals surface area (Å²) in [6.45, 7) is 5.11. The number of ether oxygens (including phenoxy) is 3. The zero-order chi connectivity index (χ0) is 22.5. The summed E-state index contributed by atoms with van der Waals surface area (Å²) < 4.78 is 16.3. The fraction of sp³-hybridized carbons (Fsp3) is 0.348. The number of hydrogen-bond acceptors (Lipinski definition) is 6. The first kappa shape index (κ1) is 23.7. The van der Waals surface area contributed by atoms with Gasteiger partial charge in [-0.15, -0.1) is 0 Å². The van der Waals surface area contributed by atoms with Crippen molar-refractivity contribution in [1.29, 1.82) is 0 Å². The zero-order valence-electron chi connectivity index (χ0n) is 18.1. The summed E-state index contributed by atoms with van der Waals surface area (Å²) in [4.78, 5) is 23.9. The van der Waals surface area contributed by atoms with Crippen LogP contribution in [-0.2, 0) is 9.59 Å². The highest BCUT2D eigenvalue weighted by Gasteiger charge is 2.08. The summed E-state index contributed by atoms with van der Waals surface area (Å²) in [5, 5.41) is 6.67. The number of hydrazone groups is 1. The molecule has 166 valence electrons. The van der Waals surface area contributed by atoms with E-state index in [9.17, 15) is 9.59 Å². The molecule has 0 aliphatic carbocycles. The first-order chi connectivity index (χ1) is 15.0. The Morgan fingerprint density at radius 2 is 1.71 bits per heavy atom. The molecular formula is C23H29N3O5. The van der Waals surface area contributed by atoms with Crippen molar-refractivity contribution in [3.05, 3.63) is 48.0 Å². The number of carbonyl (C=O) groups is 2. The van der Waals surface area contributed by atoms with Gasteiger partial charge in [-0.2, -0.15) is 5.10 Å². The standard InChI is InChI=1S/C23H29N3O5/c1-4-14-31-20-11-6-17(15-21(20)29-3)16-24-26-23(28)13-12-22(27)25-18-7-9-19(10-8-18)30-5-2/h6-11,15-16H,4-5,12-14H2,1-3H3,(H,25,27)(H,26,28). The summed E-state index contributed by atoms with van der Waals surface area (Å²) in [5.41, 5.74) is 3.81. The Kier molecular flexibility index (Phi) is 9.87. The second-order valence-corrected chi connectivity index (χ2v) is 6.56. The van der Waals surface area contributed by atoms with E-state index in [1.807, 2.05) is 19.9 Å². The van der Waals surface area contributed by atoms with Gasteiger partial charge in [-0.25, -0.2) is 5.43 Å². The van der Waals surface area contributed by atoms with E-state index in [-0.39, 0.29) is 24.7 Å². The molecule has 0 heterocycles. The van der Waals surface area contributed by atoms with E-state index in [4.69, 9.17) is 14.2 Å². The number of amides is 2. The number of benzene rings is 2. The van der Waals surface area contributed by atoms with Gasteiger partial charge in [-0.3, -0.25) is 9.59 Å². The summed E-state index contributed by atoms with van der Waals surface area (Å²) in [6.07, 6.45) is 2.47. The van der Waals surface area contributed by atoms with E-state index in [1.54, 1.807) is 43.5 Å². The van der Waals surface area contributed by atoms with E-state index >= 15 is 0 Å². The molecule has 0 radical (unpaired) electrons. The molecule has 0 atom stereocenters. The van der Waals surface area contributed by atoms with Gasteiger partial charge in [0, 0.05) is 18.5 Å². The van der Waals surface area contributed by atoms with Crippen LogP contribution in [0.4, 0.5) is 5.69 Å². The number of anilines is 1. The molecule has 2 aromatic carbocycles. The number of rotatable bonds is 12. The van der Waals surface area contributed by atoms with Crippen LogP contribution < -0.4 is 25.0 Å². The summed E-state index contributed by atoms with van der Waals surface area (Å²) in [7, 11) is 1.56. The lowest BCUT2D eigenvalue weighted by molar-refractivity contribution is -0.124. The topological polar surface area (TPSA) is 98.2 Å². The predicted octanol–water partition coefficient (Wildman–Crippen LogP) is 3.75. The molecule has 0 aromatic heterocycles. The first-order valence-corrected chi connectivity index (χ1v) is 10.2. The molecule has 0 aliphatic rings. The van der Waals surface area contributed by atoms with Crippen molar-refractivity contribution in [3.63, 3.8) is 0 Å². The van der Waals surface area contributed by atoms with Gasteiger partial charge in [0.25, 0.3) is 0 Å². The van der Waals surface area contributed by atoms with Gasteiger partial charge in [0.2, 0.25) is 11.8 Å². The predicted molar refractivity (Wildman–Crippen MR) is 120 cm³/mol. The Hall–Kier alpha value is -3.55. The van der Waals surface area contributed by atoms with Crippen molar-refractivity contribution in [2.75, 3.05) is 25.6 Å². The van der Waals surface area contributed by atoms with Gasteiger partial charge in [0.05, 0.1) is 26.5 Å². The van der Waals surface area contributed by atoms with Crippen molar-refractivity contribution in [2.24, 2.45) is 5.10 Å². The second-order valence-electron chi connectivity index (χ2n) is 6.56. The fourth-order valence-corrected chi connectivity index (χ4v) is 2.58. The van der Waals surface area contributed by atoms with Gasteiger partial charge in [-0.1, -0.05) is 6.92 Å². The Morgan fingerprint density at radius 1 is 0.968 bits per heavy atom. The fourth-order valence-electron chi connectivity index (χ4n) is 2.58. The number of nitrogens with one attached hydrogen (secondary N) is 2. The number of carbonyl (C=O) groups excluding carboxylic acids is 2. The number of methoxy groups -OCH3 is 1. The summed E-state index contributed by atoms with van der Waals surface area (Å²) in [6, 6.07) is 12.4.